The lowest BCUT2D eigenvalue weighted by Gasteiger charge is -2.30. The first-order valence-electron chi connectivity index (χ1n) is 10.3. The number of nitrogens with zero attached hydrogens (tertiary/aromatic N) is 3. The maximum Gasteiger partial charge on any atom is 0.309 e. The van der Waals surface area contributed by atoms with Crippen LogP contribution in [-0.4, -0.2) is 45.9 Å². The Morgan fingerprint density at radius 2 is 2.14 bits per heavy atom. The number of aromatic nitrogens is 2. The van der Waals surface area contributed by atoms with E-state index in [0.29, 0.717) is 6.61 Å². The third-order valence-corrected chi connectivity index (χ3v) is 6.36. The normalized spacial score (nSPS) is 15.8. The molecule has 0 amide bonds. The van der Waals surface area contributed by atoms with Crippen LogP contribution in [-0.2, 0) is 22.6 Å². The Morgan fingerprint density at radius 1 is 1.36 bits per heavy atom. The smallest absolute Gasteiger partial charge is 0.309 e. The Kier molecular flexibility index (Phi) is 7.57. The molecule has 0 saturated carbocycles. The summed E-state index contributed by atoms with van der Waals surface area (Å²) in [5.41, 5.74) is 2.22. The zero-order valence-corrected chi connectivity index (χ0v) is 17.8. The molecule has 2 heterocycles. The Morgan fingerprint density at radius 3 is 2.82 bits per heavy atom. The quantitative estimate of drug-likeness (QED) is 0.352. The molecular formula is C22H31N3O2S. The van der Waals surface area contributed by atoms with Gasteiger partial charge >= 0.3 is 5.97 Å². The van der Waals surface area contributed by atoms with Gasteiger partial charge in [-0.2, -0.15) is 0 Å². The predicted octanol–water partition coefficient (Wildman–Crippen LogP) is 4.50. The molecule has 3 rings (SSSR count). The number of thioether (sulfide) groups is 1. The van der Waals surface area contributed by atoms with Crippen molar-refractivity contribution < 1.29 is 9.53 Å². The summed E-state index contributed by atoms with van der Waals surface area (Å²) in [5, 5.41) is 0. The highest BCUT2D eigenvalue weighted by Gasteiger charge is 2.26. The van der Waals surface area contributed by atoms with E-state index < -0.39 is 0 Å². The van der Waals surface area contributed by atoms with E-state index in [-0.39, 0.29) is 11.9 Å². The van der Waals surface area contributed by atoms with Crippen LogP contribution in [0.4, 0.5) is 0 Å². The Hall–Kier alpha value is -1.79. The Bertz CT molecular complexity index is 809. The van der Waals surface area contributed by atoms with Crippen LogP contribution in [0, 0.1) is 5.92 Å². The molecule has 0 aliphatic carbocycles. The first kappa shape index (κ1) is 20.9. The number of benzene rings is 1. The second-order valence-corrected chi connectivity index (χ2v) is 8.40. The number of carbonyl (C=O) groups is 1. The summed E-state index contributed by atoms with van der Waals surface area (Å²) < 4.78 is 7.45. The molecule has 1 aliphatic rings. The second-order valence-electron chi connectivity index (χ2n) is 7.23. The fraction of sp³-hybridized carbons (Fsp3) is 0.545. The molecule has 1 fully saturated rings. The van der Waals surface area contributed by atoms with Crippen LogP contribution < -0.4 is 0 Å². The van der Waals surface area contributed by atoms with Gasteiger partial charge in [-0.05, 0) is 63.2 Å². The number of rotatable bonds is 9. The highest BCUT2D eigenvalue weighted by molar-refractivity contribution is 7.99. The predicted molar refractivity (Wildman–Crippen MR) is 116 cm³/mol. The van der Waals surface area contributed by atoms with Crippen LogP contribution in [0.15, 0.2) is 35.7 Å². The average Bonchev–Trinajstić information content (AvgIpc) is 3.04. The van der Waals surface area contributed by atoms with Gasteiger partial charge in [0, 0.05) is 11.4 Å². The van der Waals surface area contributed by atoms with Crippen molar-refractivity contribution in [3.05, 3.63) is 36.7 Å². The minimum absolute atomic E-state index is 0.0429. The molecule has 1 aromatic carbocycles. The summed E-state index contributed by atoms with van der Waals surface area (Å²) >= 11 is 1.89. The third kappa shape index (κ3) is 4.97. The van der Waals surface area contributed by atoms with E-state index in [2.05, 4.69) is 41.2 Å². The van der Waals surface area contributed by atoms with Gasteiger partial charge in [0.05, 0.1) is 30.1 Å². The highest BCUT2D eigenvalue weighted by atomic mass is 32.2. The van der Waals surface area contributed by atoms with Crippen LogP contribution in [0.3, 0.4) is 0 Å². The zero-order valence-electron chi connectivity index (χ0n) is 17.0. The van der Waals surface area contributed by atoms with Gasteiger partial charge in [0.2, 0.25) is 0 Å². The van der Waals surface area contributed by atoms with Crippen molar-refractivity contribution in [2.24, 2.45) is 5.92 Å². The molecule has 1 aromatic heterocycles. The fourth-order valence-corrected chi connectivity index (χ4v) is 4.50. The second kappa shape index (κ2) is 10.1. The van der Waals surface area contributed by atoms with Crippen LogP contribution in [0.25, 0.3) is 11.0 Å². The molecule has 5 nitrogen and oxygen atoms in total. The molecule has 0 radical (unpaired) electrons. The molecule has 0 bridgehead atoms. The van der Waals surface area contributed by atoms with Crippen molar-refractivity contribution in [1.29, 1.82) is 0 Å². The van der Waals surface area contributed by atoms with E-state index in [0.717, 1.165) is 56.1 Å². The summed E-state index contributed by atoms with van der Waals surface area (Å²) in [5.74, 6) is 2.20. The van der Waals surface area contributed by atoms with Crippen LogP contribution in [0.2, 0.25) is 0 Å². The van der Waals surface area contributed by atoms with Gasteiger partial charge in [-0.3, -0.25) is 9.69 Å². The van der Waals surface area contributed by atoms with Crippen LogP contribution >= 0.6 is 11.8 Å². The molecule has 1 saturated heterocycles. The fourth-order valence-electron chi connectivity index (χ4n) is 3.70. The summed E-state index contributed by atoms with van der Waals surface area (Å²) in [6.07, 6.45) is 4.82. The molecule has 1 aliphatic heterocycles. The topological polar surface area (TPSA) is 47.4 Å². The monoisotopic (exact) mass is 401 g/mol. The van der Waals surface area contributed by atoms with Crippen molar-refractivity contribution in [1.82, 2.24) is 14.5 Å². The van der Waals surface area contributed by atoms with Gasteiger partial charge in [0.1, 0.15) is 5.82 Å². The van der Waals surface area contributed by atoms with Gasteiger partial charge in [-0.1, -0.05) is 13.0 Å². The van der Waals surface area contributed by atoms with Crippen LogP contribution in [0.1, 0.15) is 38.9 Å². The summed E-state index contributed by atoms with van der Waals surface area (Å²) in [7, 11) is 0. The molecule has 0 atom stereocenters. The Balaban J connectivity index is 1.73. The van der Waals surface area contributed by atoms with E-state index >= 15 is 0 Å². The molecule has 152 valence electrons. The van der Waals surface area contributed by atoms with E-state index in [9.17, 15) is 4.79 Å². The zero-order chi connectivity index (χ0) is 19.9. The standard InChI is InChI=1S/C22H31N3O2S/c1-4-11-25-20-15-18(28-14-5-2)7-8-19(20)23-21(25)16-24-12-9-17(10-13-24)22(26)27-6-3/h4,7-8,15,17H,1,5-6,9-14,16H2,2-3H3. The van der Waals surface area contributed by atoms with Gasteiger partial charge in [-0.15, -0.1) is 18.3 Å². The number of carbonyl (C=O) groups excluding carboxylic acids is 1. The van der Waals surface area contributed by atoms with Crippen LogP contribution in [0.5, 0.6) is 0 Å². The number of hydrogen-bond donors (Lipinski definition) is 0. The lowest BCUT2D eigenvalue weighted by Crippen LogP contribution is -2.37. The lowest BCUT2D eigenvalue weighted by molar-refractivity contribution is -0.149. The van der Waals surface area contributed by atoms with Gasteiger partial charge < -0.3 is 9.30 Å². The number of ether oxygens (including phenoxy) is 1. The first-order valence-corrected chi connectivity index (χ1v) is 11.3. The molecule has 0 unspecified atom stereocenters. The summed E-state index contributed by atoms with van der Waals surface area (Å²) in [6.45, 7) is 11.8. The lowest BCUT2D eigenvalue weighted by atomic mass is 9.97. The molecular weight excluding hydrogens is 370 g/mol. The van der Waals surface area contributed by atoms with Gasteiger partial charge in [-0.25, -0.2) is 4.98 Å². The summed E-state index contributed by atoms with van der Waals surface area (Å²) in [6, 6.07) is 6.55. The third-order valence-electron chi connectivity index (χ3n) is 5.16. The van der Waals surface area contributed by atoms with E-state index in [1.54, 1.807) is 0 Å². The highest BCUT2D eigenvalue weighted by Crippen LogP contribution is 2.26. The average molecular weight is 402 g/mol. The van der Waals surface area contributed by atoms with Gasteiger partial charge in [0.15, 0.2) is 0 Å². The SMILES string of the molecule is C=CCn1c(CN2CCC(C(=O)OCC)CC2)nc2ccc(SCCC)cc21. The molecule has 6 heteroatoms. The van der Waals surface area contributed by atoms with E-state index in [1.807, 2.05) is 24.8 Å². The number of hydrogen-bond acceptors (Lipinski definition) is 5. The van der Waals surface area contributed by atoms with Gasteiger partial charge in [0.25, 0.3) is 0 Å². The van der Waals surface area contributed by atoms with Crippen molar-refractivity contribution >= 4 is 28.8 Å². The number of piperidine rings is 1. The van der Waals surface area contributed by atoms with Crippen molar-refractivity contribution in [3.63, 3.8) is 0 Å². The minimum atomic E-state index is -0.0434. The van der Waals surface area contributed by atoms with E-state index in [4.69, 9.17) is 9.72 Å². The summed E-state index contributed by atoms with van der Waals surface area (Å²) in [4.78, 5) is 20.5. The number of imidazole rings is 1. The molecule has 2 aromatic rings. The Labute approximate surface area is 172 Å². The minimum Gasteiger partial charge on any atom is -0.466 e. The first-order chi connectivity index (χ1) is 13.7. The number of allylic oxidation sites excluding steroid dienone is 1. The largest absolute Gasteiger partial charge is 0.466 e. The van der Waals surface area contributed by atoms with Crippen molar-refractivity contribution in [2.75, 3.05) is 25.4 Å². The molecule has 0 N–H and O–H groups in total. The maximum absolute atomic E-state index is 12.0. The number of esters is 1. The number of likely N-dealkylation sites (tertiary alicyclic amines) is 1. The van der Waals surface area contributed by atoms with Crippen molar-refractivity contribution in [2.45, 2.75) is 51.1 Å². The van der Waals surface area contributed by atoms with E-state index in [1.165, 1.54) is 16.8 Å². The molecule has 0 spiro atoms. The molecule has 28 heavy (non-hydrogen) atoms. The number of fused-ring (bicyclic) bond motifs is 1. The maximum atomic E-state index is 12.0. The van der Waals surface area contributed by atoms with Crippen molar-refractivity contribution in [3.8, 4) is 0 Å².